The molecule has 24 heavy (non-hydrogen) atoms. The number of ether oxygens (including phenoxy) is 2. The van der Waals surface area contributed by atoms with E-state index in [-0.39, 0.29) is 5.92 Å². The first kappa shape index (κ1) is 22.2. The first-order valence-electron chi connectivity index (χ1n) is 8.39. The van der Waals surface area contributed by atoms with Crippen LogP contribution < -0.4 is 10.6 Å². The molecule has 0 heterocycles. The Labute approximate surface area is 144 Å². The van der Waals surface area contributed by atoms with E-state index in [0.717, 1.165) is 12.8 Å². The van der Waals surface area contributed by atoms with Crippen LogP contribution in [0.2, 0.25) is 0 Å². The summed E-state index contributed by atoms with van der Waals surface area (Å²) in [4.78, 5) is 36.2. The molecule has 2 N–H and O–H groups in total. The zero-order chi connectivity index (χ0) is 18.9. The lowest BCUT2D eigenvalue weighted by atomic mass is 10.0. The highest BCUT2D eigenvalue weighted by Gasteiger charge is 2.30. The van der Waals surface area contributed by atoms with Gasteiger partial charge in [0.15, 0.2) is 0 Å². The van der Waals surface area contributed by atoms with Crippen molar-refractivity contribution in [2.45, 2.75) is 78.5 Å². The standard InChI is InChI=1S/C17H32N2O5/c1-8-9-10-12(15(21)23-7)18-14(20)13(11(2)3)19-16(22)24-17(4,5)6/h11-13H,8-10H2,1-7H3,(H,18,20)(H,19,22)/t12-,13-/m0/s1. The maximum atomic E-state index is 12.5. The highest BCUT2D eigenvalue weighted by Crippen LogP contribution is 2.10. The van der Waals surface area contributed by atoms with Gasteiger partial charge in [0, 0.05) is 0 Å². The van der Waals surface area contributed by atoms with Gasteiger partial charge in [-0.15, -0.1) is 0 Å². The molecule has 2 amide bonds. The molecular formula is C17H32N2O5. The lowest BCUT2D eigenvalue weighted by Gasteiger charge is -2.26. The predicted molar refractivity (Wildman–Crippen MR) is 91.5 cm³/mol. The molecule has 0 spiro atoms. The quantitative estimate of drug-likeness (QED) is 0.659. The van der Waals surface area contributed by atoms with Crippen LogP contribution in [0.4, 0.5) is 4.79 Å². The average molecular weight is 344 g/mol. The molecule has 140 valence electrons. The smallest absolute Gasteiger partial charge is 0.408 e. The Morgan fingerprint density at radius 1 is 1.08 bits per heavy atom. The molecule has 0 aromatic rings. The van der Waals surface area contributed by atoms with Crippen LogP contribution >= 0.6 is 0 Å². The Morgan fingerprint density at radius 2 is 1.67 bits per heavy atom. The Hall–Kier alpha value is -1.79. The Balaban J connectivity index is 4.93. The van der Waals surface area contributed by atoms with E-state index in [1.54, 1.807) is 34.6 Å². The normalized spacial score (nSPS) is 13.8. The van der Waals surface area contributed by atoms with Gasteiger partial charge in [-0.2, -0.15) is 0 Å². The van der Waals surface area contributed by atoms with Crippen LogP contribution in [-0.2, 0) is 19.1 Å². The fourth-order valence-corrected chi connectivity index (χ4v) is 2.03. The van der Waals surface area contributed by atoms with Gasteiger partial charge in [-0.1, -0.05) is 33.6 Å². The van der Waals surface area contributed by atoms with Crippen molar-refractivity contribution in [1.29, 1.82) is 0 Å². The largest absolute Gasteiger partial charge is 0.467 e. The van der Waals surface area contributed by atoms with E-state index in [2.05, 4.69) is 10.6 Å². The van der Waals surface area contributed by atoms with Crippen LogP contribution in [0.3, 0.4) is 0 Å². The molecule has 0 aliphatic heterocycles. The number of carbonyl (C=O) groups excluding carboxylic acids is 3. The highest BCUT2D eigenvalue weighted by molar-refractivity contribution is 5.89. The highest BCUT2D eigenvalue weighted by atomic mass is 16.6. The summed E-state index contributed by atoms with van der Waals surface area (Å²) < 4.78 is 9.92. The van der Waals surface area contributed by atoms with E-state index in [1.807, 2.05) is 6.92 Å². The minimum absolute atomic E-state index is 0.165. The van der Waals surface area contributed by atoms with Gasteiger partial charge in [0.05, 0.1) is 7.11 Å². The Morgan fingerprint density at radius 3 is 2.08 bits per heavy atom. The summed E-state index contributed by atoms with van der Waals surface area (Å²) in [7, 11) is 1.28. The zero-order valence-electron chi connectivity index (χ0n) is 15.9. The first-order chi connectivity index (χ1) is 11.0. The second-order valence-electron chi connectivity index (χ2n) is 7.09. The van der Waals surface area contributed by atoms with Crippen molar-refractivity contribution in [2.24, 2.45) is 5.92 Å². The van der Waals surface area contributed by atoms with E-state index in [0.29, 0.717) is 6.42 Å². The molecule has 0 bridgehead atoms. The Bertz CT molecular complexity index is 429. The molecule has 0 saturated heterocycles. The van der Waals surface area contributed by atoms with E-state index < -0.39 is 35.7 Å². The molecule has 0 rings (SSSR count). The molecule has 7 heteroatoms. The minimum atomic E-state index is -0.798. The van der Waals surface area contributed by atoms with Crippen molar-refractivity contribution < 1.29 is 23.9 Å². The fourth-order valence-electron chi connectivity index (χ4n) is 2.03. The lowest BCUT2D eigenvalue weighted by molar-refractivity contribution is -0.145. The number of methoxy groups -OCH3 is 1. The van der Waals surface area contributed by atoms with E-state index >= 15 is 0 Å². The SMILES string of the molecule is CCCC[C@H](NC(=O)[C@@H](NC(=O)OC(C)(C)C)C(C)C)C(=O)OC. The van der Waals surface area contributed by atoms with Gasteiger partial charge in [-0.3, -0.25) is 4.79 Å². The summed E-state index contributed by atoms with van der Waals surface area (Å²) in [5.41, 5.74) is -0.655. The summed E-state index contributed by atoms with van der Waals surface area (Å²) in [6, 6.07) is -1.52. The van der Waals surface area contributed by atoms with Crippen molar-refractivity contribution in [3.8, 4) is 0 Å². The number of hydrogen-bond donors (Lipinski definition) is 2. The van der Waals surface area contributed by atoms with Crippen LogP contribution in [-0.4, -0.2) is 42.8 Å². The molecule has 2 atom stereocenters. The van der Waals surface area contributed by atoms with E-state index in [4.69, 9.17) is 9.47 Å². The molecule has 0 fully saturated rings. The zero-order valence-corrected chi connectivity index (χ0v) is 15.9. The summed E-state index contributed by atoms with van der Waals surface area (Å²) >= 11 is 0. The second-order valence-corrected chi connectivity index (χ2v) is 7.09. The van der Waals surface area contributed by atoms with Gasteiger partial charge in [-0.05, 0) is 33.1 Å². The van der Waals surface area contributed by atoms with Crippen molar-refractivity contribution in [1.82, 2.24) is 10.6 Å². The van der Waals surface area contributed by atoms with Gasteiger partial charge in [0.25, 0.3) is 0 Å². The summed E-state index contributed by atoms with van der Waals surface area (Å²) in [5, 5.41) is 5.23. The number of rotatable bonds is 8. The molecular weight excluding hydrogens is 312 g/mol. The molecule has 0 radical (unpaired) electrons. The van der Waals surface area contributed by atoms with Crippen molar-refractivity contribution in [3.05, 3.63) is 0 Å². The molecule has 7 nitrogen and oxygen atoms in total. The summed E-state index contributed by atoms with van der Waals surface area (Å²) in [6.07, 6.45) is 1.50. The average Bonchev–Trinajstić information content (AvgIpc) is 2.45. The van der Waals surface area contributed by atoms with Gasteiger partial charge in [0.2, 0.25) is 5.91 Å². The third-order valence-corrected chi connectivity index (χ3v) is 3.27. The second kappa shape index (κ2) is 10.2. The monoisotopic (exact) mass is 344 g/mol. The number of unbranched alkanes of at least 4 members (excludes halogenated alkanes) is 1. The molecule has 0 aromatic heterocycles. The summed E-state index contributed by atoms with van der Waals surface area (Å²) in [6.45, 7) is 10.8. The number of amides is 2. The lowest BCUT2D eigenvalue weighted by Crippen LogP contribution is -2.54. The maximum Gasteiger partial charge on any atom is 0.408 e. The predicted octanol–water partition coefficient (Wildman–Crippen LogP) is 2.38. The third kappa shape index (κ3) is 8.74. The fraction of sp³-hybridized carbons (Fsp3) is 0.824. The minimum Gasteiger partial charge on any atom is -0.467 e. The van der Waals surface area contributed by atoms with Crippen LogP contribution in [0.25, 0.3) is 0 Å². The van der Waals surface area contributed by atoms with Crippen molar-refractivity contribution >= 4 is 18.0 Å². The number of hydrogen-bond acceptors (Lipinski definition) is 5. The van der Waals surface area contributed by atoms with Gasteiger partial charge in [0.1, 0.15) is 17.7 Å². The topological polar surface area (TPSA) is 93.7 Å². The summed E-state index contributed by atoms with van der Waals surface area (Å²) in [5.74, 6) is -1.08. The molecule has 0 aliphatic carbocycles. The maximum absolute atomic E-state index is 12.5. The van der Waals surface area contributed by atoms with Gasteiger partial charge in [-0.25, -0.2) is 9.59 Å². The van der Waals surface area contributed by atoms with E-state index in [9.17, 15) is 14.4 Å². The number of carbonyl (C=O) groups is 3. The Kier molecular flexibility index (Phi) is 9.40. The van der Waals surface area contributed by atoms with Crippen LogP contribution in [0.1, 0.15) is 60.8 Å². The number of esters is 1. The van der Waals surface area contributed by atoms with Crippen molar-refractivity contribution in [3.63, 3.8) is 0 Å². The van der Waals surface area contributed by atoms with E-state index in [1.165, 1.54) is 7.11 Å². The number of nitrogens with one attached hydrogen (secondary N) is 2. The molecule has 0 saturated carbocycles. The van der Waals surface area contributed by atoms with Crippen LogP contribution in [0.5, 0.6) is 0 Å². The third-order valence-electron chi connectivity index (χ3n) is 3.27. The molecule has 0 unspecified atom stereocenters. The molecule has 0 aromatic carbocycles. The molecule has 0 aliphatic rings. The van der Waals surface area contributed by atoms with Crippen LogP contribution in [0.15, 0.2) is 0 Å². The van der Waals surface area contributed by atoms with Gasteiger partial charge < -0.3 is 20.1 Å². The first-order valence-corrected chi connectivity index (χ1v) is 8.39. The number of alkyl carbamates (subject to hydrolysis) is 1. The van der Waals surface area contributed by atoms with Gasteiger partial charge >= 0.3 is 12.1 Å². The van der Waals surface area contributed by atoms with Crippen molar-refractivity contribution in [2.75, 3.05) is 7.11 Å². The van der Waals surface area contributed by atoms with Crippen LogP contribution in [0, 0.1) is 5.92 Å².